The van der Waals surface area contributed by atoms with E-state index in [0.717, 1.165) is 0 Å². The molecule has 0 fully saturated rings. The maximum absolute atomic E-state index is 12.7. The Bertz CT molecular complexity index is 595. The number of hydrogen-bond donors (Lipinski definition) is 1. The molecule has 2 aromatic heterocycles. The third-order valence-corrected chi connectivity index (χ3v) is 2.46. The number of rotatable bonds is 4. The molecule has 96 valence electrons. The molecular formula is C11H10F2N2O3. The Morgan fingerprint density at radius 3 is 2.89 bits per heavy atom. The van der Waals surface area contributed by atoms with Crippen LogP contribution in [0.25, 0.3) is 5.65 Å². The first-order valence-corrected chi connectivity index (χ1v) is 5.06. The molecule has 0 unspecified atom stereocenters. The van der Waals surface area contributed by atoms with Crippen molar-refractivity contribution < 1.29 is 23.4 Å². The van der Waals surface area contributed by atoms with Crippen molar-refractivity contribution in [3.63, 3.8) is 0 Å². The van der Waals surface area contributed by atoms with Crippen molar-refractivity contribution in [1.29, 1.82) is 0 Å². The van der Waals surface area contributed by atoms with Crippen molar-refractivity contribution >= 4 is 11.6 Å². The fraction of sp³-hybridized carbons (Fsp3) is 0.273. The van der Waals surface area contributed by atoms with E-state index in [1.54, 1.807) is 0 Å². The summed E-state index contributed by atoms with van der Waals surface area (Å²) >= 11 is 0. The van der Waals surface area contributed by atoms with Gasteiger partial charge in [-0.15, -0.1) is 0 Å². The number of carboxylic acids is 1. The average Bonchev–Trinajstić information content (AvgIpc) is 2.73. The van der Waals surface area contributed by atoms with E-state index in [1.807, 2.05) is 0 Å². The highest BCUT2D eigenvalue weighted by Gasteiger charge is 2.18. The van der Waals surface area contributed by atoms with E-state index in [-0.39, 0.29) is 17.8 Å². The molecule has 5 nitrogen and oxygen atoms in total. The Kier molecular flexibility index (Phi) is 3.24. The van der Waals surface area contributed by atoms with Gasteiger partial charge in [-0.05, 0) is 12.1 Å². The summed E-state index contributed by atoms with van der Waals surface area (Å²) in [6.45, 7) is 0.0898. The molecule has 0 atom stereocenters. The van der Waals surface area contributed by atoms with Crippen molar-refractivity contribution in [1.82, 2.24) is 9.38 Å². The van der Waals surface area contributed by atoms with Gasteiger partial charge in [0.1, 0.15) is 11.3 Å². The van der Waals surface area contributed by atoms with Crippen LogP contribution < -0.4 is 0 Å². The molecule has 2 heterocycles. The Morgan fingerprint density at radius 1 is 1.61 bits per heavy atom. The van der Waals surface area contributed by atoms with E-state index < -0.39 is 18.1 Å². The third-order valence-electron chi connectivity index (χ3n) is 2.46. The molecule has 0 spiro atoms. The van der Waals surface area contributed by atoms with Crippen LogP contribution in [-0.4, -0.2) is 27.6 Å². The first kappa shape index (κ1) is 12.4. The van der Waals surface area contributed by atoms with Crippen LogP contribution in [0, 0.1) is 0 Å². The number of carboxylic acid groups (broad SMARTS) is 1. The van der Waals surface area contributed by atoms with Gasteiger partial charge in [-0.2, -0.15) is 0 Å². The Balaban J connectivity index is 2.71. The second kappa shape index (κ2) is 4.69. The molecule has 0 aliphatic carbocycles. The third kappa shape index (κ3) is 2.04. The number of carbonyl (C=O) groups is 1. The highest BCUT2D eigenvalue weighted by atomic mass is 19.3. The quantitative estimate of drug-likeness (QED) is 0.910. The summed E-state index contributed by atoms with van der Waals surface area (Å²) < 4.78 is 31.7. The molecule has 2 aromatic rings. The highest BCUT2D eigenvalue weighted by Crippen LogP contribution is 2.22. The van der Waals surface area contributed by atoms with E-state index in [1.165, 1.54) is 29.8 Å². The lowest BCUT2D eigenvalue weighted by molar-refractivity contribution is 0.0698. The number of methoxy groups -OCH3 is 1. The van der Waals surface area contributed by atoms with Gasteiger partial charge in [0, 0.05) is 13.3 Å². The summed E-state index contributed by atoms with van der Waals surface area (Å²) in [7, 11) is 1.43. The van der Waals surface area contributed by atoms with Crippen LogP contribution in [0.2, 0.25) is 0 Å². The van der Waals surface area contributed by atoms with Gasteiger partial charge in [0.25, 0.3) is 6.43 Å². The van der Waals surface area contributed by atoms with Gasteiger partial charge in [-0.25, -0.2) is 18.6 Å². The molecule has 0 radical (unpaired) electrons. The number of hydrogen-bond acceptors (Lipinski definition) is 3. The predicted octanol–water partition coefficient (Wildman–Crippen LogP) is 2.12. The molecule has 1 N–H and O–H groups in total. The summed E-state index contributed by atoms with van der Waals surface area (Å²) in [6.07, 6.45) is -1.29. The van der Waals surface area contributed by atoms with Crippen LogP contribution >= 0.6 is 0 Å². The van der Waals surface area contributed by atoms with Gasteiger partial charge in [-0.1, -0.05) is 0 Å². The molecule has 0 aliphatic heterocycles. The highest BCUT2D eigenvalue weighted by molar-refractivity contribution is 5.94. The zero-order valence-electron chi connectivity index (χ0n) is 9.43. The normalized spacial score (nSPS) is 11.3. The van der Waals surface area contributed by atoms with Crippen LogP contribution in [-0.2, 0) is 11.3 Å². The molecule has 0 saturated carbocycles. The lowest BCUT2D eigenvalue weighted by Gasteiger charge is -2.08. The second-order valence-electron chi connectivity index (χ2n) is 3.63. The van der Waals surface area contributed by atoms with Crippen LogP contribution in [0.15, 0.2) is 18.3 Å². The van der Waals surface area contributed by atoms with Crippen LogP contribution in [0.5, 0.6) is 0 Å². The van der Waals surface area contributed by atoms with Gasteiger partial charge in [0.05, 0.1) is 12.3 Å². The zero-order chi connectivity index (χ0) is 13.3. The number of alkyl halides is 2. The van der Waals surface area contributed by atoms with E-state index in [4.69, 9.17) is 9.84 Å². The van der Waals surface area contributed by atoms with Crippen molar-refractivity contribution in [2.75, 3.05) is 7.11 Å². The fourth-order valence-electron chi connectivity index (χ4n) is 1.70. The lowest BCUT2D eigenvalue weighted by atomic mass is 10.3. The maximum Gasteiger partial charge on any atom is 0.339 e. The topological polar surface area (TPSA) is 63.8 Å². The Morgan fingerprint density at radius 2 is 2.33 bits per heavy atom. The summed E-state index contributed by atoms with van der Waals surface area (Å²) in [6, 6.07) is 2.52. The molecule has 18 heavy (non-hydrogen) atoms. The minimum atomic E-state index is -2.76. The molecule has 0 saturated heterocycles. The second-order valence-corrected chi connectivity index (χ2v) is 3.63. The molecule has 0 bridgehead atoms. The maximum atomic E-state index is 12.7. The number of halogens is 2. The molecule has 0 amide bonds. The predicted molar refractivity (Wildman–Crippen MR) is 57.8 cm³/mol. The number of ether oxygens (including phenoxy) is 1. The molecule has 7 heteroatoms. The first-order chi connectivity index (χ1) is 8.54. The van der Waals surface area contributed by atoms with Crippen molar-refractivity contribution in [3.05, 3.63) is 35.3 Å². The van der Waals surface area contributed by atoms with Crippen LogP contribution in [0.3, 0.4) is 0 Å². The van der Waals surface area contributed by atoms with Crippen molar-refractivity contribution in [3.8, 4) is 0 Å². The van der Waals surface area contributed by atoms with E-state index in [0.29, 0.717) is 5.69 Å². The number of aromatic carboxylic acids is 1. The van der Waals surface area contributed by atoms with Crippen molar-refractivity contribution in [2.45, 2.75) is 13.0 Å². The van der Waals surface area contributed by atoms with E-state index in [2.05, 4.69) is 4.98 Å². The number of aromatic nitrogens is 2. The average molecular weight is 256 g/mol. The molecule has 2 rings (SSSR count). The van der Waals surface area contributed by atoms with Gasteiger partial charge >= 0.3 is 5.97 Å². The number of fused-ring (bicyclic) bond motifs is 1. The molecule has 0 aliphatic rings. The standard InChI is InChI=1S/C11H10F2N2O3/c1-18-5-6-4-8(9(12)13)14-10-7(11(16)17)2-3-15(6)10/h2-4,9H,5H2,1H3,(H,16,17). The van der Waals surface area contributed by atoms with Gasteiger partial charge in [0.15, 0.2) is 5.65 Å². The Hall–Kier alpha value is -2.02. The van der Waals surface area contributed by atoms with Gasteiger partial charge in [-0.3, -0.25) is 0 Å². The largest absolute Gasteiger partial charge is 0.478 e. The minimum absolute atomic E-state index is 0.00708. The van der Waals surface area contributed by atoms with Crippen LogP contribution in [0.1, 0.15) is 28.2 Å². The molecular weight excluding hydrogens is 246 g/mol. The van der Waals surface area contributed by atoms with Gasteiger partial charge < -0.3 is 14.2 Å². The van der Waals surface area contributed by atoms with Crippen molar-refractivity contribution in [2.24, 2.45) is 0 Å². The first-order valence-electron chi connectivity index (χ1n) is 5.06. The monoisotopic (exact) mass is 256 g/mol. The minimum Gasteiger partial charge on any atom is -0.478 e. The fourth-order valence-corrected chi connectivity index (χ4v) is 1.70. The SMILES string of the molecule is COCc1cc(C(F)F)nc2c(C(=O)O)ccn12. The van der Waals surface area contributed by atoms with Gasteiger partial charge in [0.2, 0.25) is 0 Å². The summed E-state index contributed by atoms with van der Waals surface area (Å²) in [5.74, 6) is -1.21. The van der Waals surface area contributed by atoms with E-state index in [9.17, 15) is 13.6 Å². The number of nitrogens with zero attached hydrogens (tertiary/aromatic N) is 2. The molecule has 0 aromatic carbocycles. The summed E-state index contributed by atoms with van der Waals surface area (Å²) in [4.78, 5) is 14.6. The summed E-state index contributed by atoms with van der Waals surface area (Å²) in [5, 5.41) is 8.95. The smallest absolute Gasteiger partial charge is 0.339 e. The lowest BCUT2D eigenvalue weighted by Crippen LogP contribution is -2.05. The van der Waals surface area contributed by atoms with E-state index >= 15 is 0 Å². The zero-order valence-corrected chi connectivity index (χ0v) is 9.43. The Labute approximate surface area is 101 Å². The van der Waals surface area contributed by atoms with Crippen LogP contribution in [0.4, 0.5) is 8.78 Å². The summed E-state index contributed by atoms with van der Waals surface area (Å²) in [5.41, 5.74) is -0.164.